The molecule has 1 aromatic heterocycles. The minimum absolute atomic E-state index is 0.126. The lowest BCUT2D eigenvalue weighted by atomic mass is 10.0. The average molecular weight is 424 g/mol. The van der Waals surface area contributed by atoms with Gasteiger partial charge in [-0.1, -0.05) is 43.2 Å². The van der Waals surface area contributed by atoms with E-state index in [4.69, 9.17) is 0 Å². The number of piperazine rings is 1. The van der Waals surface area contributed by atoms with E-state index < -0.39 is 0 Å². The molecule has 0 N–H and O–H groups in total. The highest BCUT2D eigenvalue weighted by Gasteiger charge is 2.30. The van der Waals surface area contributed by atoms with Gasteiger partial charge in [-0.3, -0.25) is 9.69 Å². The fraction of sp³-hybridized carbons (Fsp3) is 0.600. The highest BCUT2D eigenvalue weighted by molar-refractivity contribution is 5.76. The molecule has 0 radical (unpaired) electrons. The van der Waals surface area contributed by atoms with Gasteiger partial charge < -0.3 is 14.4 Å². The number of imidazole rings is 1. The van der Waals surface area contributed by atoms with Crippen LogP contribution in [0.2, 0.25) is 0 Å². The molecule has 0 bridgehead atoms. The maximum absolute atomic E-state index is 12.8. The molecule has 0 aliphatic carbocycles. The number of carbonyl (C=O) groups excluding carboxylic acids is 1. The first-order valence-corrected chi connectivity index (χ1v) is 12.0. The Morgan fingerprint density at radius 3 is 2.32 bits per heavy atom. The van der Waals surface area contributed by atoms with Crippen molar-refractivity contribution in [2.45, 2.75) is 44.6 Å². The molecule has 2 fully saturated rings. The Morgan fingerprint density at radius 1 is 0.968 bits per heavy atom. The molecule has 6 heteroatoms. The van der Waals surface area contributed by atoms with Gasteiger partial charge in [-0.15, -0.1) is 0 Å². The molecule has 0 saturated carbocycles. The zero-order valence-corrected chi connectivity index (χ0v) is 19.0. The van der Waals surface area contributed by atoms with Crippen LogP contribution < -0.4 is 0 Å². The fourth-order valence-corrected chi connectivity index (χ4v) is 5.00. The van der Waals surface area contributed by atoms with E-state index in [9.17, 15) is 4.79 Å². The molecule has 0 unspecified atom stereocenters. The van der Waals surface area contributed by atoms with Crippen molar-refractivity contribution in [3.63, 3.8) is 0 Å². The van der Waals surface area contributed by atoms with Crippen LogP contribution in [-0.4, -0.2) is 76.0 Å². The lowest BCUT2D eigenvalue weighted by molar-refractivity contribution is -0.133. The molecule has 2 aromatic rings. The monoisotopic (exact) mass is 423 g/mol. The van der Waals surface area contributed by atoms with Crippen molar-refractivity contribution in [1.29, 1.82) is 0 Å². The third-order valence-corrected chi connectivity index (χ3v) is 6.81. The molecule has 1 atom stereocenters. The number of aromatic nitrogens is 2. The highest BCUT2D eigenvalue weighted by atomic mass is 16.2. The summed E-state index contributed by atoms with van der Waals surface area (Å²) < 4.78 is 2.11. The zero-order chi connectivity index (χ0) is 21.5. The fourth-order valence-electron chi connectivity index (χ4n) is 5.00. The molecule has 4 rings (SSSR count). The van der Waals surface area contributed by atoms with E-state index in [0.29, 0.717) is 12.3 Å². The maximum atomic E-state index is 12.8. The molecule has 3 heterocycles. The summed E-state index contributed by atoms with van der Waals surface area (Å²) in [5.41, 5.74) is 1.26. The number of nitrogens with zero attached hydrogens (tertiary/aromatic N) is 5. The standard InChI is InChI=1S/C25H37N5O/c1-27-17-13-26-25(27)24(22-10-5-4-6-11-22)30-20-18-29(19-21-30)23(31)12-9-16-28-14-7-2-3-8-15-28/h4-6,10-11,13,17,24H,2-3,7-9,12,14-16,18-21H2,1H3/t24-/m1/s1. The molecule has 2 saturated heterocycles. The number of aryl methyl sites for hydroxylation is 1. The minimum atomic E-state index is 0.126. The molecule has 2 aliphatic rings. The van der Waals surface area contributed by atoms with E-state index in [0.717, 1.165) is 45.0 Å². The van der Waals surface area contributed by atoms with Crippen molar-refractivity contribution in [2.75, 3.05) is 45.8 Å². The molecular formula is C25H37N5O. The van der Waals surface area contributed by atoms with Gasteiger partial charge in [0.1, 0.15) is 5.82 Å². The van der Waals surface area contributed by atoms with Gasteiger partial charge in [0.05, 0.1) is 6.04 Å². The smallest absolute Gasteiger partial charge is 0.222 e. The van der Waals surface area contributed by atoms with Crippen molar-refractivity contribution >= 4 is 5.91 Å². The Morgan fingerprint density at radius 2 is 1.68 bits per heavy atom. The van der Waals surface area contributed by atoms with Crippen LogP contribution in [-0.2, 0) is 11.8 Å². The summed E-state index contributed by atoms with van der Waals surface area (Å²) in [6, 6.07) is 10.7. The third kappa shape index (κ3) is 5.74. The number of carbonyl (C=O) groups is 1. The molecule has 2 aliphatic heterocycles. The molecule has 31 heavy (non-hydrogen) atoms. The van der Waals surface area contributed by atoms with E-state index in [1.807, 2.05) is 12.4 Å². The Labute approximate surface area is 186 Å². The number of hydrogen-bond acceptors (Lipinski definition) is 4. The molecular weight excluding hydrogens is 386 g/mol. The van der Waals surface area contributed by atoms with Crippen LogP contribution >= 0.6 is 0 Å². The van der Waals surface area contributed by atoms with Crippen LogP contribution in [0.5, 0.6) is 0 Å². The first-order valence-electron chi connectivity index (χ1n) is 12.0. The summed E-state index contributed by atoms with van der Waals surface area (Å²) in [4.78, 5) is 24.5. The van der Waals surface area contributed by atoms with Crippen molar-refractivity contribution in [3.8, 4) is 0 Å². The second-order valence-electron chi connectivity index (χ2n) is 8.99. The molecule has 1 aromatic carbocycles. The summed E-state index contributed by atoms with van der Waals surface area (Å²) in [5, 5.41) is 0. The quantitative estimate of drug-likeness (QED) is 0.685. The number of rotatable bonds is 7. The van der Waals surface area contributed by atoms with Crippen molar-refractivity contribution in [2.24, 2.45) is 7.05 Å². The van der Waals surface area contributed by atoms with Crippen LogP contribution in [0.3, 0.4) is 0 Å². The largest absolute Gasteiger partial charge is 0.340 e. The van der Waals surface area contributed by atoms with Crippen molar-refractivity contribution in [1.82, 2.24) is 24.3 Å². The predicted molar refractivity (Wildman–Crippen MR) is 124 cm³/mol. The van der Waals surface area contributed by atoms with Crippen LogP contribution in [0.1, 0.15) is 56.0 Å². The minimum Gasteiger partial charge on any atom is -0.340 e. The predicted octanol–water partition coefficient (Wildman–Crippen LogP) is 3.31. The highest BCUT2D eigenvalue weighted by Crippen LogP contribution is 2.28. The van der Waals surface area contributed by atoms with Crippen LogP contribution in [0.25, 0.3) is 0 Å². The van der Waals surface area contributed by atoms with Gasteiger partial charge in [0.25, 0.3) is 0 Å². The zero-order valence-electron chi connectivity index (χ0n) is 19.0. The molecule has 6 nitrogen and oxygen atoms in total. The van der Waals surface area contributed by atoms with Crippen LogP contribution in [0.4, 0.5) is 0 Å². The van der Waals surface area contributed by atoms with Crippen molar-refractivity contribution < 1.29 is 4.79 Å². The second kappa shape index (κ2) is 10.9. The lowest BCUT2D eigenvalue weighted by Gasteiger charge is -2.39. The summed E-state index contributed by atoms with van der Waals surface area (Å²) in [6.45, 7) is 6.85. The van der Waals surface area contributed by atoms with Gasteiger partial charge in [-0.2, -0.15) is 0 Å². The summed E-state index contributed by atoms with van der Waals surface area (Å²) in [6.07, 6.45) is 10.9. The normalized spacial score (nSPS) is 19.8. The van der Waals surface area contributed by atoms with Crippen LogP contribution in [0.15, 0.2) is 42.7 Å². The van der Waals surface area contributed by atoms with E-state index in [1.54, 1.807) is 0 Å². The maximum Gasteiger partial charge on any atom is 0.222 e. The molecule has 0 spiro atoms. The van der Waals surface area contributed by atoms with Gasteiger partial charge in [0, 0.05) is 52.0 Å². The third-order valence-electron chi connectivity index (χ3n) is 6.81. The topological polar surface area (TPSA) is 44.6 Å². The Balaban J connectivity index is 1.30. The van der Waals surface area contributed by atoms with Gasteiger partial charge in [0.15, 0.2) is 0 Å². The Hall–Kier alpha value is -2.18. The van der Waals surface area contributed by atoms with E-state index >= 15 is 0 Å². The van der Waals surface area contributed by atoms with E-state index in [1.165, 1.54) is 44.3 Å². The van der Waals surface area contributed by atoms with Gasteiger partial charge >= 0.3 is 0 Å². The van der Waals surface area contributed by atoms with E-state index in [2.05, 4.69) is 61.6 Å². The Bertz CT molecular complexity index is 804. The first-order chi connectivity index (χ1) is 15.2. The summed E-state index contributed by atoms with van der Waals surface area (Å²) in [5.74, 6) is 1.38. The molecule has 1 amide bonds. The first kappa shape index (κ1) is 22.0. The number of benzene rings is 1. The van der Waals surface area contributed by atoms with Gasteiger partial charge in [0.2, 0.25) is 5.91 Å². The van der Waals surface area contributed by atoms with Gasteiger partial charge in [-0.05, 0) is 44.5 Å². The second-order valence-corrected chi connectivity index (χ2v) is 8.99. The number of likely N-dealkylation sites (tertiary alicyclic amines) is 1. The number of hydrogen-bond donors (Lipinski definition) is 0. The van der Waals surface area contributed by atoms with E-state index in [-0.39, 0.29) is 6.04 Å². The Kier molecular flexibility index (Phi) is 7.76. The SMILES string of the molecule is Cn1ccnc1[C@@H](c1ccccc1)N1CCN(C(=O)CCCN2CCCCCC2)CC1. The summed E-state index contributed by atoms with van der Waals surface area (Å²) >= 11 is 0. The van der Waals surface area contributed by atoms with Crippen molar-refractivity contribution in [3.05, 3.63) is 54.1 Å². The number of amides is 1. The molecule has 168 valence electrons. The van der Waals surface area contributed by atoms with Crippen LogP contribution in [0, 0.1) is 0 Å². The van der Waals surface area contributed by atoms with Gasteiger partial charge in [-0.25, -0.2) is 4.98 Å². The lowest BCUT2D eigenvalue weighted by Crippen LogP contribution is -2.50. The summed E-state index contributed by atoms with van der Waals surface area (Å²) in [7, 11) is 2.06. The average Bonchev–Trinajstić information content (AvgIpc) is 3.05.